The molecule has 0 spiro atoms. The van der Waals surface area contributed by atoms with Crippen LogP contribution in [0.1, 0.15) is 62.3 Å². The van der Waals surface area contributed by atoms with Crippen molar-refractivity contribution < 1.29 is 13.7 Å². The lowest BCUT2D eigenvalue weighted by atomic mass is 10.1. The highest BCUT2D eigenvalue weighted by atomic mass is 32.2. The quantitative estimate of drug-likeness (QED) is 0.459. The Bertz CT molecular complexity index is 506. The van der Waals surface area contributed by atoms with Gasteiger partial charge in [-0.15, -0.1) is 0 Å². The van der Waals surface area contributed by atoms with Gasteiger partial charge in [-0.2, -0.15) is 0 Å². The Kier molecular flexibility index (Phi) is 9.62. The highest BCUT2D eigenvalue weighted by molar-refractivity contribution is 7.86. The average Bonchev–Trinajstić information content (AvgIpc) is 2.40. The molecule has 0 saturated heterocycles. The van der Waals surface area contributed by atoms with E-state index in [0.29, 0.717) is 31.3 Å². The van der Waals surface area contributed by atoms with Gasteiger partial charge in [0, 0.05) is 34.4 Å². The molecule has 1 atom stereocenters. The summed E-state index contributed by atoms with van der Waals surface area (Å²) in [6.45, 7) is 18.8. The van der Waals surface area contributed by atoms with Gasteiger partial charge < -0.3 is 20.7 Å². The summed E-state index contributed by atoms with van der Waals surface area (Å²) in [5.74, 6) is 1.19. The third-order valence-electron chi connectivity index (χ3n) is 3.08. The number of nitrogens with zero attached hydrogens (tertiary/aromatic N) is 1. The Morgan fingerprint density at radius 2 is 1.62 bits per heavy atom. The fourth-order valence-corrected chi connectivity index (χ4v) is 2.71. The summed E-state index contributed by atoms with van der Waals surface area (Å²) in [6, 6.07) is 0. The Hall–Kier alpha value is -1.31. The first kappa shape index (κ1) is 24.7. The van der Waals surface area contributed by atoms with Crippen molar-refractivity contribution in [2.24, 2.45) is 4.99 Å². The van der Waals surface area contributed by atoms with Crippen LogP contribution in [0.25, 0.3) is 0 Å². The maximum absolute atomic E-state index is 12.1. The first-order chi connectivity index (χ1) is 11.7. The Morgan fingerprint density at radius 1 is 1.04 bits per heavy atom. The van der Waals surface area contributed by atoms with Gasteiger partial charge in [-0.1, -0.05) is 0 Å². The van der Waals surface area contributed by atoms with Crippen LogP contribution >= 0.6 is 0 Å². The number of nitrogens with one attached hydrogen (secondary N) is 3. The third-order valence-corrected chi connectivity index (χ3v) is 5.02. The summed E-state index contributed by atoms with van der Waals surface area (Å²) < 4.78 is 17.2. The van der Waals surface area contributed by atoms with Crippen molar-refractivity contribution >= 4 is 22.9 Å². The van der Waals surface area contributed by atoms with Gasteiger partial charge in [-0.05, 0) is 62.3 Å². The molecule has 0 radical (unpaired) electrons. The zero-order valence-electron chi connectivity index (χ0n) is 17.9. The molecular weight excluding hydrogens is 352 g/mol. The van der Waals surface area contributed by atoms with Crippen LogP contribution in [0.5, 0.6) is 0 Å². The number of amides is 1. The molecule has 0 aliphatic heterocycles. The van der Waals surface area contributed by atoms with Crippen LogP contribution in [0.15, 0.2) is 4.99 Å². The highest BCUT2D eigenvalue weighted by Gasteiger charge is 2.24. The van der Waals surface area contributed by atoms with Gasteiger partial charge in [0.05, 0.1) is 12.1 Å². The van der Waals surface area contributed by atoms with E-state index in [4.69, 9.17) is 4.74 Å². The smallest absolute Gasteiger partial charge is 0.408 e. The molecule has 0 aromatic heterocycles. The van der Waals surface area contributed by atoms with Gasteiger partial charge in [0.25, 0.3) is 0 Å². The van der Waals surface area contributed by atoms with Gasteiger partial charge in [0.1, 0.15) is 5.60 Å². The lowest BCUT2D eigenvalue weighted by Crippen LogP contribution is -2.49. The van der Waals surface area contributed by atoms with E-state index in [9.17, 15) is 9.00 Å². The van der Waals surface area contributed by atoms with E-state index in [1.54, 1.807) is 0 Å². The van der Waals surface area contributed by atoms with Gasteiger partial charge >= 0.3 is 6.09 Å². The van der Waals surface area contributed by atoms with Crippen molar-refractivity contribution in [2.75, 3.05) is 25.4 Å². The van der Waals surface area contributed by atoms with E-state index in [-0.39, 0.29) is 4.75 Å². The number of carbonyl (C=O) groups is 1. The van der Waals surface area contributed by atoms with Gasteiger partial charge in [0.15, 0.2) is 5.96 Å². The molecule has 0 rings (SSSR count). The molecule has 0 aromatic rings. The Morgan fingerprint density at radius 3 is 2.08 bits per heavy atom. The number of hydrogen-bond donors (Lipinski definition) is 3. The highest BCUT2D eigenvalue weighted by Crippen LogP contribution is 2.11. The van der Waals surface area contributed by atoms with Crippen molar-refractivity contribution in [3.8, 4) is 0 Å². The molecule has 0 fully saturated rings. The van der Waals surface area contributed by atoms with Crippen molar-refractivity contribution in [3.63, 3.8) is 0 Å². The molecule has 0 bridgehead atoms. The van der Waals surface area contributed by atoms with E-state index >= 15 is 0 Å². The second-order valence-corrected chi connectivity index (χ2v) is 11.1. The first-order valence-electron chi connectivity index (χ1n) is 9.08. The van der Waals surface area contributed by atoms with Crippen LogP contribution in [0.2, 0.25) is 0 Å². The number of carbonyl (C=O) groups excluding carboxylic acids is 1. The Balaban J connectivity index is 4.66. The molecular formula is C18H38N4O3S. The van der Waals surface area contributed by atoms with Crippen LogP contribution in [0.4, 0.5) is 4.79 Å². The number of ether oxygens (including phenoxy) is 1. The Labute approximate surface area is 161 Å². The van der Waals surface area contributed by atoms with Crippen molar-refractivity contribution in [2.45, 2.75) is 78.2 Å². The third kappa shape index (κ3) is 12.1. The molecule has 0 aliphatic carbocycles. The van der Waals surface area contributed by atoms with E-state index < -0.39 is 28.0 Å². The molecule has 0 aromatic carbocycles. The van der Waals surface area contributed by atoms with Gasteiger partial charge in [-0.3, -0.25) is 9.20 Å². The zero-order valence-corrected chi connectivity index (χ0v) is 18.7. The monoisotopic (exact) mass is 390 g/mol. The predicted molar refractivity (Wildman–Crippen MR) is 110 cm³/mol. The second-order valence-electron chi connectivity index (χ2n) is 8.79. The molecule has 26 heavy (non-hydrogen) atoms. The van der Waals surface area contributed by atoms with E-state index in [1.165, 1.54) is 0 Å². The minimum atomic E-state index is -0.915. The lowest BCUT2D eigenvalue weighted by Gasteiger charge is -2.27. The van der Waals surface area contributed by atoms with Crippen LogP contribution in [0.3, 0.4) is 0 Å². The molecule has 7 nitrogen and oxygen atoms in total. The summed E-state index contributed by atoms with van der Waals surface area (Å²) in [6.07, 6.45) is -0.462. The van der Waals surface area contributed by atoms with Crippen molar-refractivity contribution in [1.29, 1.82) is 0 Å². The standard InChI is InChI=1S/C18H38N4O3S/c1-10-19-14(20-11-12-26(24)17(5,6)7)21-13-18(8,9)22-15(23)25-16(2,3)4/h10-13H2,1-9H3,(H,22,23)(H2,19,20,21). The second kappa shape index (κ2) is 10.1. The fraction of sp³-hybridized carbons (Fsp3) is 0.889. The average molecular weight is 391 g/mol. The van der Waals surface area contributed by atoms with Crippen LogP contribution in [-0.2, 0) is 15.5 Å². The molecule has 3 N–H and O–H groups in total. The maximum Gasteiger partial charge on any atom is 0.408 e. The molecule has 0 saturated carbocycles. The number of alkyl carbamates (subject to hydrolysis) is 1. The molecule has 154 valence electrons. The van der Waals surface area contributed by atoms with E-state index in [2.05, 4.69) is 20.9 Å². The van der Waals surface area contributed by atoms with Gasteiger partial charge in [-0.25, -0.2) is 4.79 Å². The minimum absolute atomic E-state index is 0.226. The van der Waals surface area contributed by atoms with Crippen molar-refractivity contribution in [1.82, 2.24) is 16.0 Å². The summed E-state index contributed by atoms with van der Waals surface area (Å²) in [4.78, 5) is 16.5. The minimum Gasteiger partial charge on any atom is -0.444 e. The molecule has 1 unspecified atom stereocenters. The topological polar surface area (TPSA) is 91.8 Å². The van der Waals surface area contributed by atoms with E-state index in [0.717, 1.165) is 0 Å². The predicted octanol–water partition coefficient (Wildman–Crippen LogP) is 2.39. The number of aliphatic imine (C=N–C) groups is 1. The SMILES string of the molecule is CCNC(=NCC(C)(C)NC(=O)OC(C)(C)C)NCCS(=O)C(C)(C)C. The molecule has 0 heterocycles. The van der Waals surface area contributed by atoms with Crippen LogP contribution < -0.4 is 16.0 Å². The lowest BCUT2D eigenvalue weighted by molar-refractivity contribution is 0.0476. The molecule has 1 amide bonds. The number of hydrogen-bond acceptors (Lipinski definition) is 4. The fourth-order valence-electron chi connectivity index (χ4n) is 1.81. The summed E-state index contributed by atoms with van der Waals surface area (Å²) in [5.41, 5.74) is -1.10. The normalized spacial score (nSPS) is 14.6. The zero-order chi connectivity index (χ0) is 20.6. The van der Waals surface area contributed by atoms with Gasteiger partial charge in [0.2, 0.25) is 0 Å². The summed E-state index contributed by atoms with van der Waals surface area (Å²) in [7, 11) is -0.915. The summed E-state index contributed by atoms with van der Waals surface area (Å²) >= 11 is 0. The maximum atomic E-state index is 12.1. The molecule has 8 heteroatoms. The number of rotatable bonds is 7. The van der Waals surface area contributed by atoms with Crippen LogP contribution in [0, 0.1) is 0 Å². The first-order valence-corrected chi connectivity index (χ1v) is 10.4. The van der Waals surface area contributed by atoms with E-state index in [1.807, 2.05) is 62.3 Å². The summed E-state index contributed by atoms with van der Waals surface area (Å²) in [5, 5.41) is 9.18. The molecule has 0 aliphatic rings. The number of guanidine groups is 1. The van der Waals surface area contributed by atoms with Crippen molar-refractivity contribution in [3.05, 3.63) is 0 Å². The van der Waals surface area contributed by atoms with Crippen LogP contribution in [-0.4, -0.2) is 57.5 Å². The largest absolute Gasteiger partial charge is 0.444 e.